The summed E-state index contributed by atoms with van der Waals surface area (Å²) in [6.07, 6.45) is -0.495. The van der Waals surface area contributed by atoms with E-state index in [1.807, 2.05) is 6.07 Å². The molecule has 1 heterocycles. The van der Waals surface area contributed by atoms with Gasteiger partial charge in [0.2, 0.25) is 0 Å². The average molecular weight is 265 g/mol. The summed E-state index contributed by atoms with van der Waals surface area (Å²) >= 11 is 0. The molecule has 1 unspecified atom stereocenters. The Bertz CT molecular complexity index is 353. The molecule has 0 saturated carbocycles. The van der Waals surface area contributed by atoms with Crippen molar-refractivity contribution in [3.8, 4) is 0 Å². The quantitative estimate of drug-likeness (QED) is 0.712. The summed E-state index contributed by atoms with van der Waals surface area (Å²) in [5.74, 6) is 4.96. The molecule has 1 aliphatic rings. The number of piperazine rings is 1. The minimum atomic E-state index is -0.495. The van der Waals surface area contributed by atoms with Gasteiger partial charge in [-0.1, -0.05) is 30.3 Å². The van der Waals surface area contributed by atoms with Crippen LogP contribution in [0.1, 0.15) is 5.56 Å². The molecule has 1 aromatic rings. The van der Waals surface area contributed by atoms with Gasteiger partial charge in [0, 0.05) is 39.3 Å². The van der Waals surface area contributed by atoms with Crippen molar-refractivity contribution >= 4 is 0 Å². The number of aliphatic hydroxyl groups excluding tert-OH is 1. The fourth-order valence-electron chi connectivity index (χ4n) is 2.43. The first-order chi connectivity index (χ1) is 9.28. The van der Waals surface area contributed by atoms with E-state index in [4.69, 9.17) is 5.90 Å². The second-order valence-corrected chi connectivity index (χ2v) is 5.05. The number of hydrogen-bond acceptors (Lipinski definition) is 5. The lowest BCUT2D eigenvalue weighted by atomic mass is 10.2. The maximum atomic E-state index is 9.64. The number of benzene rings is 1. The van der Waals surface area contributed by atoms with Crippen LogP contribution in [-0.4, -0.2) is 60.3 Å². The van der Waals surface area contributed by atoms with E-state index in [1.54, 1.807) is 0 Å². The number of nitrogens with two attached hydrogens (primary N) is 1. The van der Waals surface area contributed by atoms with Crippen LogP contribution in [0, 0.1) is 0 Å². The Balaban J connectivity index is 1.70. The lowest BCUT2D eigenvalue weighted by molar-refractivity contribution is 0.00606. The van der Waals surface area contributed by atoms with Crippen LogP contribution in [0.15, 0.2) is 30.3 Å². The Morgan fingerprint density at radius 3 is 2.37 bits per heavy atom. The van der Waals surface area contributed by atoms with E-state index in [2.05, 4.69) is 38.9 Å². The summed E-state index contributed by atoms with van der Waals surface area (Å²) in [4.78, 5) is 9.16. The zero-order chi connectivity index (χ0) is 13.5. The standard InChI is InChI=1S/C14H23N3O2/c15-19-12-14(18)11-17-8-6-16(7-9-17)10-13-4-2-1-3-5-13/h1-5,14,18H,6-12,15H2. The van der Waals surface area contributed by atoms with Crippen molar-refractivity contribution in [2.75, 3.05) is 39.3 Å². The van der Waals surface area contributed by atoms with Crippen LogP contribution < -0.4 is 5.90 Å². The van der Waals surface area contributed by atoms with Crippen LogP contribution in [0.3, 0.4) is 0 Å². The molecule has 19 heavy (non-hydrogen) atoms. The molecule has 1 atom stereocenters. The zero-order valence-corrected chi connectivity index (χ0v) is 11.2. The molecular formula is C14H23N3O2. The van der Waals surface area contributed by atoms with Gasteiger partial charge in [-0.3, -0.25) is 9.80 Å². The molecule has 5 nitrogen and oxygen atoms in total. The molecule has 0 aliphatic carbocycles. The van der Waals surface area contributed by atoms with Crippen LogP contribution in [0.2, 0.25) is 0 Å². The molecule has 1 saturated heterocycles. The van der Waals surface area contributed by atoms with Gasteiger partial charge < -0.3 is 9.94 Å². The number of rotatable bonds is 6. The van der Waals surface area contributed by atoms with Crippen LogP contribution in [-0.2, 0) is 11.4 Å². The second-order valence-electron chi connectivity index (χ2n) is 5.05. The van der Waals surface area contributed by atoms with Gasteiger partial charge in [-0.15, -0.1) is 0 Å². The van der Waals surface area contributed by atoms with E-state index >= 15 is 0 Å². The Morgan fingerprint density at radius 2 is 1.74 bits per heavy atom. The topological polar surface area (TPSA) is 62.0 Å². The highest BCUT2D eigenvalue weighted by atomic mass is 16.6. The van der Waals surface area contributed by atoms with Crippen molar-refractivity contribution in [3.63, 3.8) is 0 Å². The molecule has 1 aliphatic heterocycles. The first kappa shape index (κ1) is 14.4. The maximum Gasteiger partial charge on any atom is 0.0951 e. The van der Waals surface area contributed by atoms with E-state index in [0.29, 0.717) is 6.54 Å². The Morgan fingerprint density at radius 1 is 1.11 bits per heavy atom. The van der Waals surface area contributed by atoms with Gasteiger partial charge in [0.1, 0.15) is 0 Å². The van der Waals surface area contributed by atoms with Crippen molar-refractivity contribution in [1.29, 1.82) is 0 Å². The third-order valence-electron chi connectivity index (χ3n) is 3.47. The molecule has 0 bridgehead atoms. The third kappa shape index (κ3) is 4.89. The normalized spacial score (nSPS) is 19.5. The molecular weight excluding hydrogens is 242 g/mol. The largest absolute Gasteiger partial charge is 0.389 e. The molecule has 0 aromatic heterocycles. The number of β-amino-alcohol motifs (C(OH)–C–C–N with tert-alkyl or cyclic N) is 1. The average Bonchev–Trinajstić information content (AvgIpc) is 2.42. The molecule has 0 radical (unpaired) electrons. The van der Waals surface area contributed by atoms with Gasteiger partial charge in [0.05, 0.1) is 12.7 Å². The highest BCUT2D eigenvalue weighted by Gasteiger charge is 2.19. The van der Waals surface area contributed by atoms with Crippen LogP contribution >= 0.6 is 0 Å². The molecule has 106 valence electrons. The van der Waals surface area contributed by atoms with Crippen LogP contribution in [0.5, 0.6) is 0 Å². The van der Waals surface area contributed by atoms with Gasteiger partial charge in [-0.2, -0.15) is 0 Å². The van der Waals surface area contributed by atoms with Crippen molar-refractivity contribution in [2.45, 2.75) is 12.6 Å². The van der Waals surface area contributed by atoms with Crippen molar-refractivity contribution in [3.05, 3.63) is 35.9 Å². The first-order valence-electron chi connectivity index (χ1n) is 6.76. The lowest BCUT2D eigenvalue weighted by Gasteiger charge is -2.35. The van der Waals surface area contributed by atoms with Crippen LogP contribution in [0.4, 0.5) is 0 Å². The highest BCUT2D eigenvalue weighted by molar-refractivity contribution is 5.14. The molecule has 0 amide bonds. The molecule has 3 N–H and O–H groups in total. The third-order valence-corrected chi connectivity index (χ3v) is 3.47. The van der Waals surface area contributed by atoms with E-state index in [-0.39, 0.29) is 6.61 Å². The number of nitrogens with zero attached hydrogens (tertiary/aromatic N) is 2. The van der Waals surface area contributed by atoms with Gasteiger partial charge in [0.25, 0.3) is 0 Å². The summed E-state index contributed by atoms with van der Waals surface area (Å²) in [5.41, 5.74) is 1.35. The fraction of sp³-hybridized carbons (Fsp3) is 0.571. The summed E-state index contributed by atoms with van der Waals surface area (Å²) in [6, 6.07) is 10.5. The first-order valence-corrected chi connectivity index (χ1v) is 6.76. The van der Waals surface area contributed by atoms with E-state index in [9.17, 15) is 5.11 Å². The van der Waals surface area contributed by atoms with E-state index in [1.165, 1.54) is 5.56 Å². The van der Waals surface area contributed by atoms with E-state index in [0.717, 1.165) is 32.7 Å². The number of hydrogen-bond donors (Lipinski definition) is 2. The molecule has 1 fully saturated rings. The molecule has 0 spiro atoms. The van der Waals surface area contributed by atoms with Crippen molar-refractivity contribution in [2.24, 2.45) is 5.90 Å². The van der Waals surface area contributed by atoms with Crippen molar-refractivity contribution < 1.29 is 9.94 Å². The monoisotopic (exact) mass is 265 g/mol. The van der Waals surface area contributed by atoms with Gasteiger partial charge in [-0.05, 0) is 5.56 Å². The smallest absolute Gasteiger partial charge is 0.0951 e. The second kappa shape index (κ2) is 7.57. The molecule has 5 heteroatoms. The Kier molecular flexibility index (Phi) is 5.75. The zero-order valence-electron chi connectivity index (χ0n) is 11.2. The lowest BCUT2D eigenvalue weighted by Crippen LogP contribution is -2.48. The number of aliphatic hydroxyl groups is 1. The summed E-state index contributed by atoms with van der Waals surface area (Å²) < 4.78 is 0. The van der Waals surface area contributed by atoms with Crippen molar-refractivity contribution in [1.82, 2.24) is 9.80 Å². The maximum absolute atomic E-state index is 9.64. The molecule has 1 aromatic carbocycles. The highest BCUT2D eigenvalue weighted by Crippen LogP contribution is 2.08. The predicted molar refractivity (Wildman–Crippen MR) is 74.3 cm³/mol. The van der Waals surface area contributed by atoms with Crippen LogP contribution in [0.25, 0.3) is 0 Å². The Hall–Kier alpha value is -0.980. The molecule has 2 rings (SSSR count). The SMILES string of the molecule is NOCC(O)CN1CCN(Cc2ccccc2)CC1. The summed E-state index contributed by atoms with van der Waals surface area (Å²) in [7, 11) is 0. The summed E-state index contributed by atoms with van der Waals surface area (Å²) in [6.45, 7) is 5.86. The van der Waals surface area contributed by atoms with Gasteiger partial charge in [-0.25, -0.2) is 5.90 Å². The Labute approximate surface area is 114 Å². The van der Waals surface area contributed by atoms with E-state index < -0.39 is 6.10 Å². The minimum absolute atomic E-state index is 0.199. The van der Waals surface area contributed by atoms with Gasteiger partial charge >= 0.3 is 0 Å². The minimum Gasteiger partial charge on any atom is -0.389 e. The predicted octanol–water partition coefficient (Wildman–Crippen LogP) is 0.0554. The summed E-state index contributed by atoms with van der Waals surface area (Å²) in [5, 5.41) is 9.64. The van der Waals surface area contributed by atoms with Gasteiger partial charge in [0.15, 0.2) is 0 Å². The fourth-order valence-corrected chi connectivity index (χ4v) is 2.43.